The van der Waals surface area contributed by atoms with Gasteiger partial charge in [0.05, 0.1) is 10.3 Å². The van der Waals surface area contributed by atoms with Gasteiger partial charge in [0, 0.05) is 16.9 Å². The summed E-state index contributed by atoms with van der Waals surface area (Å²) in [4.78, 5) is 8.19. The van der Waals surface area contributed by atoms with Gasteiger partial charge in [0.2, 0.25) is 0 Å². The number of nitrogens with zero attached hydrogens (tertiary/aromatic N) is 3. The predicted octanol–water partition coefficient (Wildman–Crippen LogP) is 2.74. The molecule has 0 aliphatic rings. The van der Waals surface area contributed by atoms with Gasteiger partial charge in [-0.15, -0.1) is 0 Å². The minimum absolute atomic E-state index is 0.228. The lowest BCUT2D eigenvalue weighted by Crippen LogP contribution is -2.12. The van der Waals surface area contributed by atoms with Gasteiger partial charge >= 0.3 is 0 Å². The molecule has 1 aromatic carbocycles. The number of aryl methyl sites for hydroxylation is 1. The van der Waals surface area contributed by atoms with E-state index in [-0.39, 0.29) is 4.90 Å². The van der Waals surface area contributed by atoms with Crippen molar-refractivity contribution >= 4 is 37.0 Å². The van der Waals surface area contributed by atoms with Crippen LogP contribution in [-0.2, 0) is 10.0 Å². The fraction of sp³-hybridized carbons (Fsp3) is 0.0769. The van der Waals surface area contributed by atoms with Crippen molar-refractivity contribution in [3.8, 4) is 0 Å². The van der Waals surface area contributed by atoms with Crippen LogP contribution in [0.5, 0.6) is 0 Å². The summed E-state index contributed by atoms with van der Waals surface area (Å²) < 4.78 is 27.1. The second-order valence-electron chi connectivity index (χ2n) is 4.35. The molecule has 5 nitrogen and oxygen atoms in total. The van der Waals surface area contributed by atoms with E-state index in [2.05, 4.69) is 25.9 Å². The zero-order valence-corrected chi connectivity index (χ0v) is 12.9. The molecule has 0 N–H and O–H groups in total. The maximum Gasteiger partial charge on any atom is 0.269 e. The fourth-order valence-corrected chi connectivity index (χ4v) is 3.85. The van der Waals surface area contributed by atoms with Crippen molar-refractivity contribution in [1.29, 1.82) is 0 Å². The third-order valence-corrected chi connectivity index (χ3v) is 5.26. The van der Waals surface area contributed by atoms with E-state index in [1.54, 1.807) is 30.5 Å². The lowest BCUT2D eigenvalue weighted by Gasteiger charge is -2.06. The molecule has 0 saturated heterocycles. The molecule has 0 amide bonds. The quantitative estimate of drug-likeness (QED) is 0.711. The second kappa shape index (κ2) is 4.68. The van der Waals surface area contributed by atoms with Gasteiger partial charge in [0.15, 0.2) is 5.65 Å². The van der Waals surface area contributed by atoms with Gasteiger partial charge in [-0.1, -0.05) is 17.7 Å². The molecular formula is C13H10BrN3O2S. The zero-order chi connectivity index (χ0) is 14.3. The van der Waals surface area contributed by atoms with Crippen LogP contribution in [0.2, 0.25) is 0 Å². The standard InChI is InChI=1S/C13H10BrN3O2S/c1-9-2-4-10(5-3-9)20(18,19)17-7-12(14)11-6-15-8-16-13(11)17/h2-8H,1H3. The number of hydrogen-bond acceptors (Lipinski definition) is 4. The van der Waals surface area contributed by atoms with E-state index in [0.29, 0.717) is 15.5 Å². The highest BCUT2D eigenvalue weighted by atomic mass is 79.9. The molecule has 0 atom stereocenters. The molecule has 0 bridgehead atoms. The minimum atomic E-state index is -3.67. The molecule has 0 saturated carbocycles. The maximum absolute atomic E-state index is 12.7. The number of fused-ring (bicyclic) bond motifs is 1. The molecule has 102 valence electrons. The van der Waals surface area contributed by atoms with Crippen molar-refractivity contribution < 1.29 is 8.42 Å². The van der Waals surface area contributed by atoms with Crippen molar-refractivity contribution in [3.05, 3.63) is 53.0 Å². The first-order valence-corrected chi connectivity index (χ1v) is 8.02. The number of aromatic nitrogens is 3. The Bertz CT molecular complexity index is 886. The summed E-state index contributed by atoms with van der Waals surface area (Å²) in [6.07, 6.45) is 4.40. The monoisotopic (exact) mass is 351 g/mol. The molecule has 0 radical (unpaired) electrons. The maximum atomic E-state index is 12.7. The van der Waals surface area contributed by atoms with Crippen LogP contribution >= 0.6 is 15.9 Å². The van der Waals surface area contributed by atoms with E-state index in [0.717, 1.165) is 5.56 Å². The predicted molar refractivity (Wildman–Crippen MR) is 79.0 cm³/mol. The molecule has 7 heteroatoms. The molecule has 0 unspecified atom stereocenters. The van der Waals surface area contributed by atoms with Gasteiger partial charge in [0.1, 0.15) is 6.33 Å². The topological polar surface area (TPSA) is 64.8 Å². The van der Waals surface area contributed by atoms with Gasteiger partial charge in [-0.25, -0.2) is 22.4 Å². The Kier molecular flexibility index (Phi) is 3.10. The molecule has 3 aromatic rings. The Morgan fingerprint density at radius 1 is 1.20 bits per heavy atom. The molecule has 0 aliphatic carbocycles. The van der Waals surface area contributed by atoms with Crippen molar-refractivity contribution in [1.82, 2.24) is 13.9 Å². The first kappa shape index (κ1) is 13.3. The number of halogens is 1. The first-order valence-electron chi connectivity index (χ1n) is 5.79. The van der Waals surface area contributed by atoms with Crippen LogP contribution in [0.15, 0.2) is 52.4 Å². The number of benzene rings is 1. The Hall–Kier alpha value is -1.73. The highest BCUT2D eigenvalue weighted by molar-refractivity contribution is 9.10. The second-order valence-corrected chi connectivity index (χ2v) is 7.02. The molecule has 0 fully saturated rings. The van der Waals surface area contributed by atoms with Crippen LogP contribution < -0.4 is 0 Å². The molecule has 3 rings (SSSR count). The Balaban J connectivity index is 2.27. The molecule has 0 spiro atoms. The van der Waals surface area contributed by atoms with Gasteiger partial charge in [0.25, 0.3) is 10.0 Å². The van der Waals surface area contributed by atoms with Gasteiger partial charge < -0.3 is 0 Å². The SMILES string of the molecule is Cc1ccc(S(=O)(=O)n2cc(Br)c3cncnc32)cc1. The lowest BCUT2D eigenvalue weighted by atomic mass is 10.2. The molecule has 2 heterocycles. The Morgan fingerprint density at radius 3 is 2.60 bits per heavy atom. The van der Waals surface area contributed by atoms with Gasteiger partial charge in [-0.2, -0.15) is 0 Å². The number of hydrogen-bond donors (Lipinski definition) is 0. The Morgan fingerprint density at radius 2 is 1.90 bits per heavy atom. The van der Waals surface area contributed by atoms with E-state index in [1.807, 2.05) is 6.92 Å². The van der Waals surface area contributed by atoms with Crippen molar-refractivity contribution in [2.75, 3.05) is 0 Å². The average molecular weight is 352 g/mol. The normalized spacial score (nSPS) is 11.9. The lowest BCUT2D eigenvalue weighted by molar-refractivity contribution is 0.588. The highest BCUT2D eigenvalue weighted by Crippen LogP contribution is 2.27. The van der Waals surface area contributed by atoms with Gasteiger partial charge in [-0.3, -0.25) is 0 Å². The van der Waals surface area contributed by atoms with Gasteiger partial charge in [-0.05, 0) is 35.0 Å². The smallest absolute Gasteiger partial charge is 0.244 e. The highest BCUT2D eigenvalue weighted by Gasteiger charge is 2.21. The summed E-state index contributed by atoms with van der Waals surface area (Å²) in [6, 6.07) is 6.71. The summed E-state index contributed by atoms with van der Waals surface area (Å²) in [5.41, 5.74) is 1.36. The van der Waals surface area contributed by atoms with Crippen LogP contribution in [0.4, 0.5) is 0 Å². The van der Waals surface area contributed by atoms with Crippen LogP contribution in [0.1, 0.15) is 5.56 Å². The van der Waals surface area contributed by atoms with Crippen molar-refractivity contribution in [2.45, 2.75) is 11.8 Å². The summed E-state index contributed by atoms with van der Waals surface area (Å²) in [5, 5.41) is 0.656. The fourth-order valence-electron chi connectivity index (χ4n) is 1.91. The van der Waals surface area contributed by atoms with E-state index in [4.69, 9.17) is 0 Å². The zero-order valence-electron chi connectivity index (χ0n) is 10.5. The summed E-state index contributed by atoms with van der Waals surface area (Å²) in [6.45, 7) is 1.91. The van der Waals surface area contributed by atoms with Crippen LogP contribution in [0.3, 0.4) is 0 Å². The van der Waals surface area contributed by atoms with E-state index < -0.39 is 10.0 Å². The largest absolute Gasteiger partial charge is 0.269 e. The van der Waals surface area contributed by atoms with Crippen LogP contribution in [0.25, 0.3) is 11.0 Å². The van der Waals surface area contributed by atoms with Crippen molar-refractivity contribution in [2.24, 2.45) is 0 Å². The first-order chi connectivity index (χ1) is 9.50. The molecular weight excluding hydrogens is 342 g/mol. The molecule has 20 heavy (non-hydrogen) atoms. The van der Waals surface area contributed by atoms with Crippen molar-refractivity contribution in [3.63, 3.8) is 0 Å². The Labute approximate surface area is 124 Å². The summed E-state index contributed by atoms with van der Waals surface area (Å²) >= 11 is 3.33. The third-order valence-electron chi connectivity index (χ3n) is 2.97. The van der Waals surface area contributed by atoms with E-state index in [9.17, 15) is 8.42 Å². The molecule has 2 aromatic heterocycles. The van der Waals surface area contributed by atoms with Crippen LogP contribution in [-0.4, -0.2) is 22.4 Å². The average Bonchev–Trinajstić information content (AvgIpc) is 2.78. The minimum Gasteiger partial charge on any atom is -0.244 e. The molecule has 0 aliphatic heterocycles. The summed E-state index contributed by atoms with van der Waals surface area (Å²) in [7, 11) is -3.67. The van der Waals surface area contributed by atoms with E-state index >= 15 is 0 Å². The van der Waals surface area contributed by atoms with Crippen LogP contribution in [0, 0.1) is 6.92 Å². The summed E-state index contributed by atoms with van der Waals surface area (Å²) in [5.74, 6) is 0. The number of rotatable bonds is 2. The van der Waals surface area contributed by atoms with E-state index in [1.165, 1.54) is 16.5 Å². The third kappa shape index (κ3) is 2.03.